The fourth-order valence-corrected chi connectivity index (χ4v) is 11.1. The molecule has 0 bridgehead atoms. The van der Waals surface area contributed by atoms with Gasteiger partial charge in [-0.3, -0.25) is 0 Å². The molecule has 0 atom stereocenters. The highest BCUT2D eigenvalue weighted by Gasteiger charge is 2.48. The number of benzene rings is 5. The van der Waals surface area contributed by atoms with E-state index in [9.17, 15) is 0 Å². The summed E-state index contributed by atoms with van der Waals surface area (Å²) in [5, 5.41) is 10.7. The predicted molar refractivity (Wildman–Crippen MR) is 154 cm³/mol. The Morgan fingerprint density at radius 1 is 0.629 bits per heavy atom. The average Bonchev–Trinajstić information content (AvgIpc) is 3.12. The summed E-state index contributed by atoms with van der Waals surface area (Å²) in [4.78, 5) is 0. The Morgan fingerprint density at radius 3 is 1.91 bits per heavy atom. The highest BCUT2D eigenvalue weighted by Crippen LogP contribution is 2.36. The zero-order valence-electron chi connectivity index (χ0n) is 20.3. The third kappa shape index (κ3) is 3.35. The molecule has 0 unspecified atom stereocenters. The smallest absolute Gasteiger partial charge is 0.0912 e. The molecule has 1 aliphatic rings. The Kier molecular flexibility index (Phi) is 5.16. The molecular formula is C34H28Si. The van der Waals surface area contributed by atoms with Crippen molar-refractivity contribution in [3.63, 3.8) is 0 Å². The van der Waals surface area contributed by atoms with Crippen molar-refractivity contribution in [1.82, 2.24) is 0 Å². The van der Waals surface area contributed by atoms with Gasteiger partial charge in [-0.1, -0.05) is 127 Å². The van der Waals surface area contributed by atoms with Gasteiger partial charge in [0.2, 0.25) is 0 Å². The molecule has 0 amide bonds. The van der Waals surface area contributed by atoms with E-state index in [1.165, 1.54) is 53.4 Å². The third-order valence-corrected chi connectivity index (χ3v) is 12.6. The summed E-state index contributed by atoms with van der Waals surface area (Å²) in [6.07, 6.45) is 2.37. The first-order valence-electron chi connectivity index (χ1n) is 12.2. The number of allylic oxidation sites excluding steroid dienone is 2. The lowest BCUT2D eigenvalue weighted by Crippen LogP contribution is -2.67. The second kappa shape index (κ2) is 8.37. The molecule has 0 fully saturated rings. The Balaban J connectivity index is 1.80. The van der Waals surface area contributed by atoms with E-state index in [1.54, 1.807) is 0 Å². The molecule has 0 saturated heterocycles. The van der Waals surface area contributed by atoms with Gasteiger partial charge in [-0.25, -0.2) is 0 Å². The highest BCUT2D eigenvalue weighted by molar-refractivity contribution is 7.18. The minimum Gasteiger partial charge on any atom is -0.0912 e. The van der Waals surface area contributed by atoms with Crippen LogP contribution in [-0.4, -0.2) is 8.07 Å². The van der Waals surface area contributed by atoms with Gasteiger partial charge in [0.15, 0.2) is 8.07 Å². The Morgan fingerprint density at radius 2 is 1.26 bits per heavy atom. The molecule has 0 aromatic heterocycles. The van der Waals surface area contributed by atoms with Crippen molar-refractivity contribution >= 4 is 52.6 Å². The van der Waals surface area contributed by atoms with Gasteiger partial charge < -0.3 is 0 Å². The molecular weight excluding hydrogens is 436 g/mol. The van der Waals surface area contributed by atoms with E-state index in [2.05, 4.69) is 142 Å². The molecule has 0 saturated carbocycles. The lowest BCUT2D eigenvalue weighted by Gasteiger charge is -2.32. The van der Waals surface area contributed by atoms with Crippen LogP contribution in [0, 0.1) is 6.92 Å². The van der Waals surface area contributed by atoms with E-state index < -0.39 is 8.07 Å². The first-order chi connectivity index (χ1) is 17.1. The quantitative estimate of drug-likeness (QED) is 0.335. The molecule has 6 rings (SSSR count). The molecule has 0 N–H and O–H groups in total. The van der Waals surface area contributed by atoms with Crippen molar-refractivity contribution in [2.24, 2.45) is 0 Å². The maximum absolute atomic E-state index is 4.31. The van der Waals surface area contributed by atoms with E-state index in [-0.39, 0.29) is 0 Å². The zero-order chi connectivity index (χ0) is 24.0. The van der Waals surface area contributed by atoms with Gasteiger partial charge in [-0.05, 0) is 73.9 Å². The summed E-state index contributed by atoms with van der Waals surface area (Å²) in [7, 11) is -2.45. The van der Waals surface area contributed by atoms with Crippen molar-refractivity contribution in [2.75, 3.05) is 0 Å². The minimum atomic E-state index is -2.45. The number of aryl methyl sites for hydroxylation is 1. The predicted octanol–water partition coefficient (Wildman–Crippen LogP) is 4.84. The van der Waals surface area contributed by atoms with Gasteiger partial charge in [-0.15, -0.1) is 0 Å². The first kappa shape index (κ1) is 21.6. The summed E-state index contributed by atoms with van der Waals surface area (Å²) in [6, 6.07) is 42.5. The van der Waals surface area contributed by atoms with Crippen LogP contribution in [-0.2, 0) is 0 Å². The van der Waals surface area contributed by atoms with Crippen LogP contribution in [0.4, 0.5) is 0 Å². The van der Waals surface area contributed by atoms with E-state index in [4.69, 9.17) is 0 Å². The molecule has 1 aliphatic heterocycles. The van der Waals surface area contributed by atoms with Gasteiger partial charge in [0.25, 0.3) is 0 Å². The maximum atomic E-state index is 4.31. The number of fused-ring (bicyclic) bond motifs is 2. The minimum absolute atomic E-state index is 1.06. The van der Waals surface area contributed by atoms with Crippen molar-refractivity contribution in [3.8, 4) is 0 Å². The van der Waals surface area contributed by atoms with Crippen molar-refractivity contribution in [3.05, 3.63) is 142 Å². The summed E-state index contributed by atoms with van der Waals surface area (Å²) < 4.78 is 0. The van der Waals surface area contributed by atoms with Crippen LogP contribution in [0.1, 0.15) is 18.1 Å². The number of hydrogen-bond acceptors (Lipinski definition) is 0. The molecule has 1 heterocycles. The Bertz CT molecular complexity index is 1670. The Hall–Kier alpha value is -3.94. The lowest BCUT2D eigenvalue weighted by molar-refractivity contribution is 1.51. The lowest BCUT2D eigenvalue weighted by atomic mass is 9.99. The molecule has 5 aromatic rings. The molecule has 168 valence electrons. The highest BCUT2D eigenvalue weighted by atomic mass is 28.3. The van der Waals surface area contributed by atoms with Crippen LogP contribution in [0.2, 0.25) is 0 Å². The standard InChI is InChI=1S/C34H28Si/c1-24-18-19-28-22-33-32(21-27-13-11-10-12-25(27)2)26(3)35(30-14-6-4-7-15-30,31-16-8-5-9-17-31)34(33)23-29(28)20-24/h4-23H,2H2,1,3H3/b27-21-. The molecule has 5 aromatic carbocycles. The molecule has 35 heavy (non-hydrogen) atoms. The second-order valence-corrected chi connectivity index (χ2v) is 13.6. The van der Waals surface area contributed by atoms with Gasteiger partial charge in [0.05, 0.1) is 0 Å². The molecule has 0 nitrogen and oxygen atoms in total. The zero-order valence-corrected chi connectivity index (χ0v) is 21.3. The third-order valence-electron chi connectivity index (χ3n) is 7.56. The van der Waals surface area contributed by atoms with E-state index >= 15 is 0 Å². The van der Waals surface area contributed by atoms with Crippen molar-refractivity contribution in [2.45, 2.75) is 13.8 Å². The van der Waals surface area contributed by atoms with E-state index in [0.717, 1.165) is 5.22 Å². The largest absolute Gasteiger partial charge is 0.176 e. The van der Waals surface area contributed by atoms with Crippen LogP contribution in [0.15, 0.2) is 120 Å². The van der Waals surface area contributed by atoms with Crippen LogP contribution in [0.5, 0.6) is 0 Å². The van der Waals surface area contributed by atoms with Crippen LogP contribution < -0.4 is 26.0 Å². The van der Waals surface area contributed by atoms with Gasteiger partial charge >= 0.3 is 0 Å². The van der Waals surface area contributed by atoms with E-state index in [1.807, 2.05) is 0 Å². The SMILES string of the molecule is C=c1cccc/c1=C/C1=C(C)[Si](c2ccccc2)(c2ccccc2)c2cc3cc(C)ccc3cc21. The fraction of sp³-hybridized carbons (Fsp3) is 0.0588. The summed E-state index contributed by atoms with van der Waals surface area (Å²) in [5.41, 5.74) is 4.00. The number of hydrogen-bond donors (Lipinski definition) is 0. The normalized spacial score (nSPS) is 15.0. The van der Waals surface area contributed by atoms with Crippen LogP contribution in [0.25, 0.3) is 29.0 Å². The Labute approximate surface area is 208 Å². The molecule has 1 heteroatoms. The molecule has 0 spiro atoms. The summed E-state index contributed by atoms with van der Waals surface area (Å²) in [6.45, 7) is 8.87. The van der Waals surface area contributed by atoms with Gasteiger partial charge in [-0.2, -0.15) is 0 Å². The first-order valence-corrected chi connectivity index (χ1v) is 14.2. The monoisotopic (exact) mass is 464 g/mol. The summed E-state index contributed by atoms with van der Waals surface area (Å²) >= 11 is 0. The maximum Gasteiger partial charge on any atom is 0.176 e. The average molecular weight is 465 g/mol. The topological polar surface area (TPSA) is 0 Å². The van der Waals surface area contributed by atoms with E-state index in [0.29, 0.717) is 0 Å². The fourth-order valence-electron chi connectivity index (χ4n) is 5.86. The summed E-state index contributed by atoms with van der Waals surface area (Å²) in [5.74, 6) is 0. The molecule has 0 radical (unpaired) electrons. The number of rotatable bonds is 3. The second-order valence-electron chi connectivity index (χ2n) is 9.61. The van der Waals surface area contributed by atoms with Crippen molar-refractivity contribution < 1.29 is 0 Å². The van der Waals surface area contributed by atoms with Gasteiger partial charge in [0, 0.05) is 0 Å². The van der Waals surface area contributed by atoms with Crippen LogP contribution in [0.3, 0.4) is 0 Å². The van der Waals surface area contributed by atoms with Crippen LogP contribution >= 0.6 is 0 Å². The van der Waals surface area contributed by atoms with Gasteiger partial charge in [0.1, 0.15) is 0 Å². The van der Waals surface area contributed by atoms with Crippen molar-refractivity contribution in [1.29, 1.82) is 0 Å². The molecule has 0 aliphatic carbocycles.